The molecule has 1 N–H and O–H groups in total. The largest absolute Gasteiger partial charge is 0.460 e. The first-order valence-electron chi connectivity index (χ1n) is 5.01. The van der Waals surface area contributed by atoms with Crippen molar-refractivity contribution < 1.29 is 13.9 Å². The topological polar surface area (TPSA) is 38.7 Å². The molecule has 0 bridgehead atoms. The quantitative estimate of drug-likeness (QED) is 0.834. The summed E-state index contributed by atoms with van der Waals surface area (Å²) in [5.41, 5.74) is 0. The van der Waals surface area contributed by atoms with E-state index in [9.17, 15) is 4.89 Å². The maximum absolute atomic E-state index is 9.71. The van der Waals surface area contributed by atoms with Crippen LogP contribution in [0.5, 0.6) is 11.5 Å². The second kappa shape index (κ2) is 6.26. The fourth-order valence-corrected chi connectivity index (χ4v) is 2.37. The molecule has 0 saturated heterocycles. The predicted molar refractivity (Wildman–Crippen MR) is 73.3 cm³/mol. The molecule has 0 atom stereocenters. The second-order valence-corrected chi connectivity index (χ2v) is 4.94. The van der Waals surface area contributed by atoms with Gasteiger partial charge in [-0.15, -0.1) is 0 Å². The summed E-state index contributed by atoms with van der Waals surface area (Å²) in [6, 6.07) is 13.6. The van der Waals surface area contributed by atoms with Crippen LogP contribution in [0.15, 0.2) is 48.5 Å². The fraction of sp³-hybridized carbons (Fsp3) is 0. The van der Waals surface area contributed by atoms with E-state index in [0.717, 1.165) is 0 Å². The average molecular weight is 303 g/mol. The molecule has 3 nitrogen and oxygen atoms in total. The number of halogens is 2. The van der Waals surface area contributed by atoms with Gasteiger partial charge < -0.3 is 13.9 Å². The molecule has 0 fully saturated rings. The maximum atomic E-state index is 9.71. The van der Waals surface area contributed by atoms with Gasteiger partial charge in [0, 0.05) is 0 Å². The molecule has 0 aromatic heterocycles. The van der Waals surface area contributed by atoms with E-state index in [1.807, 2.05) is 0 Å². The van der Waals surface area contributed by atoms with E-state index in [1.54, 1.807) is 48.5 Å². The van der Waals surface area contributed by atoms with Crippen LogP contribution in [-0.4, -0.2) is 4.89 Å². The summed E-state index contributed by atoms with van der Waals surface area (Å²) in [5.74, 6) is 0.722. The molecule has 0 heterocycles. The monoisotopic (exact) mass is 302 g/mol. The van der Waals surface area contributed by atoms with Crippen LogP contribution < -0.4 is 9.05 Å². The Labute approximate surface area is 116 Å². The molecule has 2 rings (SSSR count). The van der Waals surface area contributed by atoms with Crippen LogP contribution in [0, 0.1) is 0 Å². The lowest BCUT2D eigenvalue weighted by Crippen LogP contribution is -1.95. The maximum Gasteiger partial charge on any atom is 0.460 e. The van der Waals surface area contributed by atoms with Gasteiger partial charge in [-0.05, 0) is 24.3 Å². The van der Waals surface area contributed by atoms with Gasteiger partial charge in [0.25, 0.3) is 0 Å². The van der Waals surface area contributed by atoms with Crippen molar-refractivity contribution in [2.24, 2.45) is 0 Å². The lowest BCUT2D eigenvalue weighted by molar-refractivity contribution is 0.382. The molecular weight excluding hydrogens is 294 g/mol. The Bertz CT molecular complexity index is 489. The summed E-state index contributed by atoms with van der Waals surface area (Å²) in [7, 11) is -2.13. The second-order valence-electron chi connectivity index (χ2n) is 3.28. The standard InChI is InChI=1S/C12H9Cl2O3P/c13-9-5-1-3-7-11(9)16-18(15)17-12-8-4-2-6-10(12)14/h1-8,15H. The summed E-state index contributed by atoms with van der Waals surface area (Å²) in [4.78, 5) is 9.71. The Morgan fingerprint density at radius 1 is 0.778 bits per heavy atom. The molecule has 94 valence electrons. The molecule has 6 heteroatoms. The number of hydrogen-bond acceptors (Lipinski definition) is 3. The fourth-order valence-electron chi connectivity index (χ4n) is 1.22. The van der Waals surface area contributed by atoms with Gasteiger partial charge in [-0.1, -0.05) is 47.5 Å². The Morgan fingerprint density at radius 2 is 1.17 bits per heavy atom. The highest BCUT2D eigenvalue weighted by Crippen LogP contribution is 2.41. The Balaban J connectivity index is 2.04. The van der Waals surface area contributed by atoms with Crippen molar-refractivity contribution in [1.29, 1.82) is 0 Å². The zero-order valence-electron chi connectivity index (χ0n) is 9.09. The summed E-state index contributed by atoms with van der Waals surface area (Å²) in [6.07, 6.45) is 0. The van der Waals surface area contributed by atoms with E-state index < -0.39 is 8.60 Å². The molecule has 0 aliphatic heterocycles. The molecule has 0 radical (unpaired) electrons. The van der Waals surface area contributed by atoms with E-state index in [1.165, 1.54) is 0 Å². The molecule has 0 unspecified atom stereocenters. The van der Waals surface area contributed by atoms with Crippen molar-refractivity contribution in [3.8, 4) is 11.5 Å². The predicted octanol–water partition coefficient (Wildman–Crippen LogP) is 4.67. The summed E-state index contributed by atoms with van der Waals surface area (Å²) >= 11 is 11.8. The smallest absolute Gasteiger partial charge is 0.416 e. The molecule has 0 aliphatic carbocycles. The number of hydrogen-bond donors (Lipinski definition) is 1. The van der Waals surface area contributed by atoms with Gasteiger partial charge in [-0.2, -0.15) is 0 Å². The van der Waals surface area contributed by atoms with E-state index in [2.05, 4.69) is 0 Å². The first-order chi connectivity index (χ1) is 8.66. The van der Waals surface area contributed by atoms with Gasteiger partial charge in [0.05, 0.1) is 10.0 Å². The highest BCUT2D eigenvalue weighted by atomic mass is 35.5. The van der Waals surface area contributed by atoms with E-state index in [-0.39, 0.29) is 0 Å². The van der Waals surface area contributed by atoms with E-state index >= 15 is 0 Å². The molecule has 0 aliphatic rings. The molecule has 0 spiro atoms. The van der Waals surface area contributed by atoms with E-state index in [4.69, 9.17) is 32.2 Å². The van der Waals surface area contributed by atoms with Gasteiger partial charge in [0.15, 0.2) is 0 Å². The van der Waals surface area contributed by atoms with Crippen LogP contribution in [0.1, 0.15) is 0 Å². The first-order valence-corrected chi connectivity index (χ1v) is 6.89. The minimum atomic E-state index is -2.13. The third kappa shape index (κ3) is 3.50. The zero-order chi connectivity index (χ0) is 13.0. The van der Waals surface area contributed by atoms with Crippen LogP contribution in [0.2, 0.25) is 10.0 Å². The van der Waals surface area contributed by atoms with Gasteiger partial charge in [-0.3, -0.25) is 0 Å². The lowest BCUT2D eigenvalue weighted by atomic mass is 10.3. The SMILES string of the molecule is OP(Oc1ccccc1Cl)Oc1ccccc1Cl. The van der Waals surface area contributed by atoms with Gasteiger partial charge in [-0.25, -0.2) is 0 Å². The number of rotatable bonds is 4. The molecule has 0 saturated carbocycles. The van der Waals surface area contributed by atoms with Gasteiger partial charge >= 0.3 is 8.60 Å². The highest BCUT2D eigenvalue weighted by molar-refractivity contribution is 7.41. The lowest BCUT2D eigenvalue weighted by Gasteiger charge is -2.13. The number of benzene rings is 2. The third-order valence-electron chi connectivity index (χ3n) is 2.03. The Hall–Kier alpha value is -0.990. The van der Waals surface area contributed by atoms with Crippen molar-refractivity contribution in [3.05, 3.63) is 58.6 Å². The first kappa shape index (κ1) is 13.4. The summed E-state index contributed by atoms with van der Waals surface area (Å²) in [6.45, 7) is 0. The Morgan fingerprint density at radius 3 is 1.56 bits per heavy atom. The van der Waals surface area contributed by atoms with Crippen molar-refractivity contribution >= 4 is 31.8 Å². The van der Waals surface area contributed by atoms with Crippen LogP contribution in [0.25, 0.3) is 0 Å². The van der Waals surface area contributed by atoms with Crippen LogP contribution in [0.4, 0.5) is 0 Å². The number of para-hydroxylation sites is 2. The van der Waals surface area contributed by atoms with Crippen molar-refractivity contribution in [2.45, 2.75) is 0 Å². The van der Waals surface area contributed by atoms with E-state index in [0.29, 0.717) is 21.5 Å². The van der Waals surface area contributed by atoms with Crippen LogP contribution >= 0.6 is 31.8 Å². The molecule has 2 aromatic rings. The zero-order valence-corrected chi connectivity index (χ0v) is 11.5. The van der Waals surface area contributed by atoms with Gasteiger partial charge in [0.2, 0.25) is 0 Å². The Kier molecular flexibility index (Phi) is 4.67. The van der Waals surface area contributed by atoms with Crippen molar-refractivity contribution in [3.63, 3.8) is 0 Å². The molecule has 0 amide bonds. The highest BCUT2D eigenvalue weighted by Gasteiger charge is 2.14. The van der Waals surface area contributed by atoms with Crippen LogP contribution in [0.3, 0.4) is 0 Å². The van der Waals surface area contributed by atoms with Crippen molar-refractivity contribution in [1.82, 2.24) is 0 Å². The average Bonchev–Trinajstić information content (AvgIpc) is 2.35. The normalized spacial score (nSPS) is 10.4. The van der Waals surface area contributed by atoms with Crippen LogP contribution in [-0.2, 0) is 0 Å². The molecular formula is C12H9Cl2O3P. The minimum absolute atomic E-state index is 0.361. The third-order valence-corrected chi connectivity index (χ3v) is 3.36. The molecule has 18 heavy (non-hydrogen) atoms. The summed E-state index contributed by atoms with van der Waals surface area (Å²) < 4.78 is 10.4. The molecule has 2 aromatic carbocycles. The summed E-state index contributed by atoms with van der Waals surface area (Å²) in [5, 5.41) is 0.809. The van der Waals surface area contributed by atoms with Crippen molar-refractivity contribution in [2.75, 3.05) is 0 Å². The van der Waals surface area contributed by atoms with Gasteiger partial charge in [0.1, 0.15) is 11.5 Å². The minimum Gasteiger partial charge on any atom is -0.416 e.